The van der Waals surface area contributed by atoms with Gasteiger partial charge in [-0.3, -0.25) is 9.59 Å². The maximum absolute atomic E-state index is 12.1. The number of likely N-dealkylation sites (N-methyl/N-ethyl adjacent to an activating group) is 1. The van der Waals surface area contributed by atoms with Crippen LogP contribution in [0.3, 0.4) is 0 Å². The average molecular weight is 249 g/mol. The molecular weight excluding hydrogens is 234 g/mol. The lowest BCUT2D eigenvalue weighted by Gasteiger charge is -2.23. The maximum Gasteiger partial charge on any atom is 0.323 e. The van der Waals surface area contributed by atoms with Gasteiger partial charge in [-0.25, -0.2) is 0 Å². The van der Waals surface area contributed by atoms with E-state index < -0.39 is 11.6 Å². The SMILES string of the molecule is CN(CC(=O)O)C(=O)C1(Oc2ccccc2)CC1. The van der Waals surface area contributed by atoms with E-state index in [1.54, 1.807) is 12.1 Å². The quantitative estimate of drug-likeness (QED) is 0.849. The Labute approximate surface area is 105 Å². The number of carbonyl (C=O) groups is 2. The van der Waals surface area contributed by atoms with Crippen LogP contribution in [0.2, 0.25) is 0 Å². The molecule has 0 heterocycles. The number of hydrogen-bond acceptors (Lipinski definition) is 3. The summed E-state index contributed by atoms with van der Waals surface area (Å²) in [6.07, 6.45) is 1.26. The van der Waals surface area contributed by atoms with Crippen molar-refractivity contribution in [2.24, 2.45) is 0 Å². The molecule has 1 aliphatic rings. The highest BCUT2D eigenvalue weighted by molar-refractivity contribution is 5.90. The first kappa shape index (κ1) is 12.4. The van der Waals surface area contributed by atoms with Crippen molar-refractivity contribution < 1.29 is 19.4 Å². The van der Waals surface area contributed by atoms with Gasteiger partial charge in [-0.05, 0) is 12.1 Å². The highest BCUT2D eigenvalue weighted by Crippen LogP contribution is 2.41. The highest BCUT2D eigenvalue weighted by atomic mass is 16.5. The van der Waals surface area contributed by atoms with Crippen molar-refractivity contribution in [3.63, 3.8) is 0 Å². The van der Waals surface area contributed by atoms with Gasteiger partial charge < -0.3 is 14.7 Å². The van der Waals surface area contributed by atoms with Gasteiger partial charge in [-0.1, -0.05) is 18.2 Å². The number of nitrogens with zero attached hydrogens (tertiary/aromatic N) is 1. The Hall–Kier alpha value is -2.04. The molecule has 2 rings (SSSR count). The van der Waals surface area contributed by atoms with Gasteiger partial charge in [0.1, 0.15) is 12.3 Å². The minimum atomic E-state index is -1.03. The van der Waals surface area contributed by atoms with Gasteiger partial charge in [0.2, 0.25) is 0 Å². The molecule has 1 fully saturated rings. The Balaban J connectivity index is 2.03. The summed E-state index contributed by atoms with van der Waals surface area (Å²) in [4.78, 5) is 23.9. The Morgan fingerprint density at radius 3 is 2.44 bits per heavy atom. The van der Waals surface area contributed by atoms with Gasteiger partial charge in [0.05, 0.1) is 0 Å². The van der Waals surface area contributed by atoms with Crippen molar-refractivity contribution in [2.75, 3.05) is 13.6 Å². The van der Waals surface area contributed by atoms with Crippen LogP contribution in [-0.2, 0) is 9.59 Å². The zero-order valence-electron chi connectivity index (χ0n) is 10.1. The lowest BCUT2D eigenvalue weighted by Crippen LogP contribution is -2.43. The molecular formula is C13H15NO4. The fraction of sp³-hybridized carbons (Fsp3) is 0.385. The normalized spacial score (nSPS) is 15.8. The van der Waals surface area contributed by atoms with Crippen molar-refractivity contribution in [1.29, 1.82) is 0 Å². The number of carboxylic acid groups (broad SMARTS) is 1. The van der Waals surface area contributed by atoms with Crippen LogP contribution < -0.4 is 4.74 Å². The first-order chi connectivity index (χ1) is 8.53. The van der Waals surface area contributed by atoms with Crippen LogP contribution in [0.4, 0.5) is 0 Å². The third kappa shape index (κ3) is 2.61. The third-order valence-electron chi connectivity index (χ3n) is 2.87. The Bertz CT molecular complexity index is 453. The van der Waals surface area contributed by atoms with Gasteiger partial charge in [-0.2, -0.15) is 0 Å². The predicted octanol–water partition coefficient (Wildman–Crippen LogP) is 1.14. The summed E-state index contributed by atoms with van der Waals surface area (Å²) >= 11 is 0. The molecule has 0 unspecified atom stereocenters. The molecule has 1 aromatic rings. The summed E-state index contributed by atoms with van der Waals surface area (Å²) < 4.78 is 5.69. The van der Waals surface area contributed by atoms with Gasteiger partial charge in [-0.15, -0.1) is 0 Å². The number of carboxylic acids is 1. The Morgan fingerprint density at radius 1 is 1.33 bits per heavy atom. The van der Waals surface area contributed by atoms with Gasteiger partial charge in [0, 0.05) is 19.9 Å². The van der Waals surface area contributed by atoms with Crippen LogP contribution in [0.25, 0.3) is 0 Å². The van der Waals surface area contributed by atoms with Crippen LogP contribution >= 0.6 is 0 Å². The van der Waals surface area contributed by atoms with E-state index >= 15 is 0 Å². The number of rotatable bonds is 5. The van der Waals surface area contributed by atoms with E-state index in [9.17, 15) is 9.59 Å². The van der Waals surface area contributed by atoms with E-state index in [0.717, 1.165) is 0 Å². The number of para-hydroxylation sites is 1. The Kier molecular flexibility index (Phi) is 3.23. The molecule has 0 bridgehead atoms. The molecule has 0 aromatic heterocycles. The lowest BCUT2D eigenvalue weighted by molar-refractivity contribution is -0.147. The molecule has 0 aliphatic heterocycles. The van der Waals surface area contributed by atoms with Gasteiger partial charge in [0.15, 0.2) is 5.60 Å². The number of hydrogen-bond donors (Lipinski definition) is 1. The standard InChI is InChI=1S/C13H15NO4/c1-14(9-11(15)16)12(17)13(7-8-13)18-10-5-3-2-4-6-10/h2-6H,7-9H2,1H3,(H,15,16). The molecule has 0 radical (unpaired) electrons. The van der Waals surface area contributed by atoms with E-state index in [0.29, 0.717) is 18.6 Å². The van der Waals surface area contributed by atoms with Crippen LogP contribution in [0.5, 0.6) is 5.75 Å². The average Bonchev–Trinajstić information content (AvgIpc) is 3.09. The second-order valence-corrected chi connectivity index (χ2v) is 4.46. The summed E-state index contributed by atoms with van der Waals surface area (Å²) in [5, 5.41) is 8.67. The van der Waals surface area contributed by atoms with Crippen LogP contribution in [0.15, 0.2) is 30.3 Å². The highest BCUT2D eigenvalue weighted by Gasteiger charge is 2.54. The fourth-order valence-corrected chi connectivity index (χ4v) is 1.81. The number of aliphatic carboxylic acids is 1. The second kappa shape index (κ2) is 4.68. The van der Waals surface area contributed by atoms with Crippen molar-refractivity contribution in [2.45, 2.75) is 18.4 Å². The first-order valence-corrected chi connectivity index (χ1v) is 5.75. The summed E-state index contributed by atoms with van der Waals surface area (Å²) in [6, 6.07) is 9.09. The molecule has 5 heteroatoms. The smallest absolute Gasteiger partial charge is 0.323 e. The third-order valence-corrected chi connectivity index (χ3v) is 2.87. The molecule has 96 valence electrons. The summed E-state index contributed by atoms with van der Waals surface area (Å²) in [5.74, 6) is -0.665. The maximum atomic E-state index is 12.1. The van der Waals surface area contributed by atoms with Gasteiger partial charge in [0.25, 0.3) is 5.91 Å². The molecule has 1 amide bonds. The van der Waals surface area contributed by atoms with E-state index in [-0.39, 0.29) is 12.5 Å². The van der Waals surface area contributed by atoms with Crippen molar-refractivity contribution in [3.8, 4) is 5.75 Å². The molecule has 1 aromatic carbocycles. The minimum Gasteiger partial charge on any atom is -0.480 e. The predicted molar refractivity (Wildman–Crippen MR) is 64.3 cm³/mol. The largest absolute Gasteiger partial charge is 0.480 e. The van der Waals surface area contributed by atoms with Crippen LogP contribution in [0, 0.1) is 0 Å². The van der Waals surface area contributed by atoms with Crippen molar-refractivity contribution in [1.82, 2.24) is 4.90 Å². The monoisotopic (exact) mass is 249 g/mol. The second-order valence-electron chi connectivity index (χ2n) is 4.46. The zero-order chi connectivity index (χ0) is 13.2. The van der Waals surface area contributed by atoms with Gasteiger partial charge >= 0.3 is 5.97 Å². The minimum absolute atomic E-state index is 0.270. The number of carbonyl (C=O) groups excluding carboxylic acids is 1. The molecule has 18 heavy (non-hydrogen) atoms. The fourth-order valence-electron chi connectivity index (χ4n) is 1.81. The first-order valence-electron chi connectivity index (χ1n) is 5.75. The molecule has 5 nitrogen and oxygen atoms in total. The summed E-state index contributed by atoms with van der Waals surface area (Å²) in [6.45, 7) is -0.307. The van der Waals surface area contributed by atoms with Crippen LogP contribution in [-0.4, -0.2) is 41.1 Å². The molecule has 1 saturated carbocycles. The van der Waals surface area contributed by atoms with Crippen molar-refractivity contribution >= 4 is 11.9 Å². The van der Waals surface area contributed by atoms with E-state index in [4.69, 9.17) is 9.84 Å². The van der Waals surface area contributed by atoms with E-state index in [1.807, 2.05) is 18.2 Å². The Morgan fingerprint density at radius 2 is 1.94 bits per heavy atom. The number of benzene rings is 1. The molecule has 0 atom stereocenters. The zero-order valence-corrected chi connectivity index (χ0v) is 10.1. The van der Waals surface area contributed by atoms with E-state index in [1.165, 1.54) is 11.9 Å². The topological polar surface area (TPSA) is 66.8 Å². The summed E-state index contributed by atoms with van der Waals surface area (Å²) in [5.41, 5.74) is -0.856. The van der Waals surface area contributed by atoms with Crippen molar-refractivity contribution in [3.05, 3.63) is 30.3 Å². The molecule has 0 saturated heterocycles. The number of amides is 1. The summed E-state index contributed by atoms with van der Waals surface area (Å²) in [7, 11) is 1.48. The molecule has 1 N–H and O–H groups in total. The van der Waals surface area contributed by atoms with Crippen LogP contribution in [0.1, 0.15) is 12.8 Å². The molecule has 1 aliphatic carbocycles. The number of ether oxygens (including phenoxy) is 1. The van der Waals surface area contributed by atoms with E-state index in [2.05, 4.69) is 0 Å². The molecule has 0 spiro atoms. The lowest BCUT2D eigenvalue weighted by atomic mass is 10.2.